The summed E-state index contributed by atoms with van der Waals surface area (Å²) in [4.78, 5) is 19.2. The van der Waals surface area contributed by atoms with Gasteiger partial charge in [0.05, 0.1) is 5.41 Å². The van der Waals surface area contributed by atoms with E-state index in [0.29, 0.717) is 6.42 Å². The van der Waals surface area contributed by atoms with Crippen molar-refractivity contribution < 1.29 is 4.79 Å². The molecule has 86 valence electrons. The molecule has 0 aromatic rings. The number of rotatable bonds is 0. The van der Waals surface area contributed by atoms with Crippen LogP contribution in [0.5, 0.6) is 0 Å². The van der Waals surface area contributed by atoms with Crippen LogP contribution in [0.1, 0.15) is 32.6 Å². The lowest BCUT2D eigenvalue weighted by Crippen LogP contribution is -2.38. The van der Waals surface area contributed by atoms with Crippen molar-refractivity contribution in [3.63, 3.8) is 0 Å². The van der Waals surface area contributed by atoms with E-state index < -0.39 is 11.1 Å². The SMILES string of the molecule is [C-]#[N+]C1([N+]#[C-])CC=CC(=O)C2(C)CCCC=C12. The number of carbonyl (C=O) groups excluding carboxylic acids is 1. The smallest absolute Gasteiger partial charge is 0.294 e. The Balaban J connectivity index is 2.65. The first-order chi connectivity index (χ1) is 8.09. The summed E-state index contributed by atoms with van der Waals surface area (Å²) >= 11 is 0. The van der Waals surface area contributed by atoms with Crippen molar-refractivity contribution in [1.82, 2.24) is 0 Å². The predicted molar refractivity (Wildman–Crippen MR) is 64.7 cm³/mol. The van der Waals surface area contributed by atoms with Crippen molar-refractivity contribution in [3.05, 3.63) is 46.6 Å². The van der Waals surface area contributed by atoms with Gasteiger partial charge in [0.25, 0.3) is 0 Å². The first-order valence-corrected chi connectivity index (χ1v) is 5.78. The molecule has 0 spiro atoms. The van der Waals surface area contributed by atoms with Gasteiger partial charge in [0.2, 0.25) is 0 Å². The minimum absolute atomic E-state index is 0.0395. The highest BCUT2D eigenvalue weighted by atomic mass is 16.1. The van der Waals surface area contributed by atoms with Crippen LogP contribution in [0.15, 0.2) is 23.8 Å². The fourth-order valence-electron chi connectivity index (χ4n) is 2.78. The monoisotopic (exact) mass is 226 g/mol. The highest BCUT2D eigenvalue weighted by molar-refractivity contribution is 5.98. The zero-order valence-corrected chi connectivity index (χ0v) is 9.86. The average Bonchev–Trinajstić information content (AvgIpc) is 2.46. The van der Waals surface area contributed by atoms with E-state index in [4.69, 9.17) is 13.1 Å². The van der Waals surface area contributed by atoms with Crippen molar-refractivity contribution in [2.45, 2.75) is 38.3 Å². The number of allylic oxidation sites excluding steroid dienone is 2. The first kappa shape index (κ1) is 11.6. The molecule has 1 atom stereocenters. The quantitative estimate of drug-likeness (QED) is 0.460. The molecule has 0 heterocycles. The number of ketones is 1. The van der Waals surface area contributed by atoms with E-state index in [1.165, 1.54) is 0 Å². The fourth-order valence-corrected chi connectivity index (χ4v) is 2.78. The summed E-state index contributed by atoms with van der Waals surface area (Å²) in [6.07, 6.45) is 8.07. The molecule has 0 aliphatic heterocycles. The van der Waals surface area contributed by atoms with Gasteiger partial charge in [-0.1, -0.05) is 12.2 Å². The Kier molecular flexibility index (Phi) is 2.63. The van der Waals surface area contributed by atoms with E-state index in [9.17, 15) is 4.79 Å². The molecule has 0 N–H and O–H groups in total. The van der Waals surface area contributed by atoms with Crippen LogP contribution in [0, 0.1) is 18.6 Å². The maximum atomic E-state index is 12.2. The Morgan fingerprint density at radius 1 is 1.35 bits per heavy atom. The van der Waals surface area contributed by atoms with Crippen LogP contribution in [-0.4, -0.2) is 11.4 Å². The maximum Gasteiger partial charge on any atom is 0.510 e. The van der Waals surface area contributed by atoms with Crippen LogP contribution >= 0.6 is 0 Å². The van der Waals surface area contributed by atoms with Crippen molar-refractivity contribution in [2.24, 2.45) is 5.41 Å². The summed E-state index contributed by atoms with van der Waals surface area (Å²) in [5.41, 5.74) is -1.09. The summed E-state index contributed by atoms with van der Waals surface area (Å²) < 4.78 is 0. The number of hydrogen-bond acceptors (Lipinski definition) is 1. The van der Waals surface area contributed by atoms with Crippen LogP contribution in [0.2, 0.25) is 0 Å². The molecular formula is C14H14N2O. The second-order valence-corrected chi connectivity index (χ2v) is 4.85. The minimum atomic E-state index is -1.18. The lowest BCUT2D eigenvalue weighted by molar-refractivity contribution is -0.121. The number of hydrogen-bond donors (Lipinski definition) is 0. The molecule has 0 aromatic carbocycles. The van der Waals surface area contributed by atoms with Gasteiger partial charge >= 0.3 is 5.66 Å². The lowest BCUT2D eigenvalue weighted by Gasteiger charge is -2.31. The van der Waals surface area contributed by atoms with E-state index in [0.717, 1.165) is 24.8 Å². The van der Waals surface area contributed by atoms with E-state index in [-0.39, 0.29) is 5.78 Å². The van der Waals surface area contributed by atoms with Crippen LogP contribution in [0.4, 0.5) is 0 Å². The third-order valence-electron chi connectivity index (χ3n) is 3.84. The van der Waals surface area contributed by atoms with Crippen molar-refractivity contribution in [1.29, 1.82) is 0 Å². The van der Waals surface area contributed by atoms with Gasteiger partial charge in [0.15, 0.2) is 5.78 Å². The van der Waals surface area contributed by atoms with E-state index in [2.05, 4.69) is 9.69 Å². The topological polar surface area (TPSA) is 25.8 Å². The highest BCUT2D eigenvalue weighted by Crippen LogP contribution is 2.48. The van der Waals surface area contributed by atoms with E-state index >= 15 is 0 Å². The highest BCUT2D eigenvalue weighted by Gasteiger charge is 2.58. The third-order valence-corrected chi connectivity index (χ3v) is 3.84. The van der Waals surface area contributed by atoms with Crippen LogP contribution in [-0.2, 0) is 4.79 Å². The number of fused-ring (bicyclic) bond motifs is 1. The second kappa shape index (κ2) is 3.86. The van der Waals surface area contributed by atoms with Gasteiger partial charge in [-0.25, -0.2) is 22.8 Å². The summed E-state index contributed by atoms with van der Waals surface area (Å²) in [6.45, 7) is 16.6. The molecular weight excluding hydrogens is 212 g/mol. The van der Waals surface area contributed by atoms with Gasteiger partial charge in [-0.05, 0) is 32.3 Å². The van der Waals surface area contributed by atoms with Gasteiger partial charge in [-0.2, -0.15) is 0 Å². The molecule has 0 saturated heterocycles. The number of nitrogens with zero attached hydrogens (tertiary/aromatic N) is 2. The molecule has 0 saturated carbocycles. The Morgan fingerprint density at radius 3 is 2.71 bits per heavy atom. The van der Waals surface area contributed by atoms with Crippen molar-refractivity contribution in [3.8, 4) is 0 Å². The molecule has 17 heavy (non-hydrogen) atoms. The normalized spacial score (nSPS) is 30.5. The summed E-state index contributed by atoms with van der Waals surface area (Å²) in [5, 5.41) is 0. The molecule has 2 aliphatic carbocycles. The van der Waals surface area contributed by atoms with Gasteiger partial charge in [-0.15, -0.1) is 0 Å². The lowest BCUT2D eigenvalue weighted by atomic mass is 9.67. The molecule has 3 nitrogen and oxygen atoms in total. The third kappa shape index (κ3) is 1.51. The number of carbonyl (C=O) groups is 1. The largest absolute Gasteiger partial charge is 0.510 e. The standard InChI is InChI=1S/C14H14N2O/c1-13-9-5-4-7-11(13)14(15-2,16-3)10-6-8-12(13)17/h6-8H,4-5,9-10H2,1H3. The van der Waals surface area contributed by atoms with E-state index in [1.807, 2.05) is 13.0 Å². The van der Waals surface area contributed by atoms with Gasteiger partial charge < -0.3 is 0 Å². The molecule has 2 rings (SSSR count). The van der Waals surface area contributed by atoms with Gasteiger partial charge in [-0.3, -0.25) is 4.79 Å². The zero-order chi connectivity index (χ0) is 12.5. The van der Waals surface area contributed by atoms with Gasteiger partial charge in [0.1, 0.15) is 12.0 Å². The Bertz CT molecular complexity index is 487. The Morgan fingerprint density at radius 2 is 2.06 bits per heavy atom. The van der Waals surface area contributed by atoms with Crippen LogP contribution in [0.3, 0.4) is 0 Å². The first-order valence-electron chi connectivity index (χ1n) is 5.78. The second-order valence-electron chi connectivity index (χ2n) is 4.85. The molecule has 0 bridgehead atoms. The van der Waals surface area contributed by atoms with Gasteiger partial charge in [0, 0.05) is 0 Å². The summed E-state index contributed by atoms with van der Waals surface area (Å²) in [6, 6.07) is 0. The Labute approximate surface area is 101 Å². The zero-order valence-electron chi connectivity index (χ0n) is 9.86. The molecule has 0 aromatic heterocycles. The fraction of sp³-hybridized carbons (Fsp3) is 0.500. The molecule has 0 amide bonds. The maximum absolute atomic E-state index is 12.2. The Hall–Kier alpha value is -1.87. The van der Waals surface area contributed by atoms with E-state index in [1.54, 1.807) is 12.2 Å². The predicted octanol–water partition coefficient (Wildman–Crippen LogP) is 3.17. The molecule has 3 heteroatoms. The molecule has 0 fully saturated rings. The minimum Gasteiger partial charge on any atom is -0.294 e. The van der Waals surface area contributed by atoms with Crippen LogP contribution < -0.4 is 0 Å². The molecule has 2 aliphatic rings. The van der Waals surface area contributed by atoms with Crippen LogP contribution in [0.25, 0.3) is 9.69 Å². The van der Waals surface area contributed by atoms with Crippen molar-refractivity contribution >= 4 is 5.78 Å². The summed E-state index contributed by atoms with van der Waals surface area (Å²) in [7, 11) is 0. The summed E-state index contributed by atoms with van der Waals surface area (Å²) in [5.74, 6) is 0.0395. The van der Waals surface area contributed by atoms with Crippen molar-refractivity contribution in [2.75, 3.05) is 0 Å². The molecule has 0 radical (unpaired) electrons. The average molecular weight is 226 g/mol. The molecule has 1 unspecified atom stereocenters.